The number of carbonyl (C=O) groups excluding carboxylic acids is 2. The monoisotopic (exact) mass is 466 g/mol. The number of amides is 2. The second-order valence-electron chi connectivity index (χ2n) is 8.84. The van der Waals surface area contributed by atoms with Gasteiger partial charge in [0.25, 0.3) is 0 Å². The Balaban J connectivity index is 2.07. The fraction of sp³-hybridized carbons (Fsp3) is 0.423. The van der Waals surface area contributed by atoms with Gasteiger partial charge in [0.15, 0.2) is 5.96 Å². The van der Waals surface area contributed by atoms with Crippen molar-refractivity contribution < 1.29 is 9.59 Å². The number of allylic oxidation sites excluding steroid dienone is 4. The van der Waals surface area contributed by atoms with Gasteiger partial charge in [0, 0.05) is 30.2 Å². The van der Waals surface area contributed by atoms with Crippen LogP contribution in [0.3, 0.4) is 0 Å². The van der Waals surface area contributed by atoms with Crippen molar-refractivity contribution in [2.24, 2.45) is 22.2 Å². The molecule has 1 heterocycles. The molecule has 0 radical (unpaired) electrons. The molecule has 0 aliphatic rings. The summed E-state index contributed by atoms with van der Waals surface area (Å²) >= 11 is 0. The van der Waals surface area contributed by atoms with Crippen LogP contribution in [0.4, 0.5) is 0 Å². The summed E-state index contributed by atoms with van der Waals surface area (Å²) in [7, 11) is 0. The van der Waals surface area contributed by atoms with Crippen molar-refractivity contribution in [3.8, 4) is 0 Å². The fourth-order valence-electron chi connectivity index (χ4n) is 3.77. The Morgan fingerprint density at radius 2 is 1.85 bits per heavy atom. The van der Waals surface area contributed by atoms with E-state index in [2.05, 4.69) is 53.9 Å². The van der Waals surface area contributed by atoms with Crippen LogP contribution in [0.25, 0.3) is 10.9 Å². The predicted octanol–water partition coefficient (Wildman–Crippen LogP) is 2.90. The summed E-state index contributed by atoms with van der Waals surface area (Å²) in [4.78, 5) is 28.4. The van der Waals surface area contributed by atoms with Crippen LogP contribution < -0.4 is 22.5 Å². The van der Waals surface area contributed by atoms with Gasteiger partial charge in [-0.1, -0.05) is 41.5 Å². The Hall–Kier alpha value is -3.55. The van der Waals surface area contributed by atoms with Crippen molar-refractivity contribution in [1.29, 1.82) is 0 Å². The summed E-state index contributed by atoms with van der Waals surface area (Å²) in [5.74, 6) is -0.829. The number of hydrogen-bond acceptors (Lipinski definition) is 3. The summed E-state index contributed by atoms with van der Waals surface area (Å²) in [6.07, 6.45) is 9.62. The number of hydrogen-bond donors (Lipinski definition) is 4. The molecule has 0 saturated carbocycles. The van der Waals surface area contributed by atoms with Gasteiger partial charge in [0.05, 0.1) is 6.42 Å². The number of primary amides is 1. The highest BCUT2D eigenvalue weighted by molar-refractivity contribution is 5.91. The minimum atomic E-state index is -0.763. The number of rotatable bonds is 13. The smallest absolute Gasteiger partial charge is 0.240 e. The Morgan fingerprint density at radius 1 is 1.12 bits per heavy atom. The van der Waals surface area contributed by atoms with E-state index < -0.39 is 11.9 Å². The molecule has 0 saturated heterocycles. The molecule has 184 valence electrons. The number of nitrogens with two attached hydrogens (primary N) is 3. The number of guanidine groups is 1. The quantitative estimate of drug-likeness (QED) is 0.156. The highest BCUT2D eigenvalue weighted by Gasteiger charge is 2.19. The minimum Gasteiger partial charge on any atom is -0.370 e. The molecule has 0 bridgehead atoms. The molecule has 0 spiro atoms. The first kappa shape index (κ1) is 26.7. The molecule has 2 amide bonds. The maximum atomic E-state index is 12.7. The molecule has 0 aliphatic carbocycles. The van der Waals surface area contributed by atoms with E-state index in [9.17, 15) is 9.59 Å². The highest BCUT2D eigenvalue weighted by Crippen LogP contribution is 2.22. The highest BCUT2D eigenvalue weighted by atomic mass is 16.2. The van der Waals surface area contributed by atoms with Gasteiger partial charge in [-0.15, -0.1) is 0 Å². The first-order valence-electron chi connectivity index (χ1n) is 11.7. The molecule has 1 aromatic carbocycles. The Kier molecular flexibility index (Phi) is 10.4. The summed E-state index contributed by atoms with van der Waals surface area (Å²) in [5, 5.41) is 3.78. The third kappa shape index (κ3) is 8.77. The Labute approximate surface area is 202 Å². The molecule has 8 nitrogen and oxygen atoms in total. The van der Waals surface area contributed by atoms with E-state index in [1.165, 1.54) is 11.1 Å². The van der Waals surface area contributed by atoms with Gasteiger partial charge < -0.3 is 27.1 Å². The van der Waals surface area contributed by atoms with E-state index >= 15 is 0 Å². The van der Waals surface area contributed by atoms with Crippen molar-refractivity contribution in [3.63, 3.8) is 0 Å². The average molecular weight is 467 g/mol. The first-order chi connectivity index (χ1) is 16.2. The summed E-state index contributed by atoms with van der Waals surface area (Å²) < 4.78 is 2.16. The van der Waals surface area contributed by atoms with E-state index in [0.29, 0.717) is 19.4 Å². The molecule has 0 fully saturated rings. The number of nitrogens with one attached hydrogen (secondary N) is 1. The van der Waals surface area contributed by atoms with Crippen molar-refractivity contribution in [1.82, 2.24) is 9.88 Å². The van der Waals surface area contributed by atoms with Crippen molar-refractivity contribution in [2.45, 2.75) is 65.5 Å². The Morgan fingerprint density at radius 3 is 2.53 bits per heavy atom. The van der Waals surface area contributed by atoms with Crippen LogP contribution in [-0.4, -0.2) is 34.9 Å². The van der Waals surface area contributed by atoms with E-state index in [0.717, 1.165) is 35.9 Å². The van der Waals surface area contributed by atoms with Crippen molar-refractivity contribution in [3.05, 3.63) is 59.3 Å². The average Bonchev–Trinajstić information content (AvgIpc) is 3.11. The summed E-state index contributed by atoms with van der Waals surface area (Å²) in [6, 6.07) is 7.26. The molecule has 0 unspecified atom stereocenters. The van der Waals surface area contributed by atoms with E-state index in [-0.39, 0.29) is 18.3 Å². The standard InChI is InChI=1S/C26H38N6O2/c1-18(2)8-6-9-19(3)13-15-32-17-20(21-10-4-5-12-23(21)32)16-24(33)31-22(25(27)34)11-7-14-30-26(28)29/h4-5,8,10,12-13,17,22H,6-7,9,11,14-16H2,1-3H3,(H2,27,34)(H,31,33)(H4,28,29,30)/b19-13+/t22-/m0/s1. The summed E-state index contributed by atoms with van der Waals surface area (Å²) in [5.41, 5.74) is 20.8. The zero-order chi connectivity index (χ0) is 25.1. The van der Waals surface area contributed by atoms with Crippen LogP contribution in [0.2, 0.25) is 0 Å². The van der Waals surface area contributed by atoms with Crippen LogP contribution in [0.1, 0.15) is 52.0 Å². The molecule has 1 aromatic heterocycles. The Bertz CT molecular complexity index is 1070. The predicted molar refractivity (Wildman–Crippen MR) is 139 cm³/mol. The third-order valence-electron chi connectivity index (χ3n) is 5.57. The number of nitrogens with zero attached hydrogens (tertiary/aromatic N) is 2. The molecule has 1 atom stereocenters. The molecular formula is C26H38N6O2. The lowest BCUT2D eigenvalue weighted by Gasteiger charge is -2.15. The zero-order valence-electron chi connectivity index (χ0n) is 20.5. The van der Waals surface area contributed by atoms with E-state index in [1.54, 1.807) is 0 Å². The van der Waals surface area contributed by atoms with E-state index in [1.807, 2.05) is 24.4 Å². The largest absolute Gasteiger partial charge is 0.370 e. The van der Waals surface area contributed by atoms with Gasteiger partial charge in [-0.2, -0.15) is 0 Å². The second-order valence-corrected chi connectivity index (χ2v) is 8.84. The number of benzene rings is 1. The van der Waals surface area contributed by atoms with Crippen LogP contribution in [0.15, 0.2) is 58.8 Å². The maximum absolute atomic E-state index is 12.7. The maximum Gasteiger partial charge on any atom is 0.240 e. The zero-order valence-corrected chi connectivity index (χ0v) is 20.5. The van der Waals surface area contributed by atoms with Crippen molar-refractivity contribution in [2.75, 3.05) is 6.54 Å². The van der Waals surface area contributed by atoms with Gasteiger partial charge in [-0.3, -0.25) is 14.6 Å². The lowest BCUT2D eigenvalue weighted by Crippen LogP contribution is -2.45. The normalized spacial score (nSPS) is 12.3. The molecule has 7 N–H and O–H groups in total. The molecule has 2 aromatic rings. The SMILES string of the molecule is CC(C)=CCC/C(C)=C/Cn1cc(CC(=O)N[C@@H](CCCN=C(N)N)C(N)=O)c2ccccc21. The molecule has 8 heteroatoms. The van der Waals surface area contributed by atoms with Gasteiger partial charge >= 0.3 is 0 Å². The van der Waals surface area contributed by atoms with Crippen LogP contribution in [0.5, 0.6) is 0 Å². The van der Waals surface area contributed by atoms with Gasteiger partial charge in [0.1, 0.15) is 6.04 Å². The number of carbonyl (C=O) groups is 2. The lowest BCUT2D eigenvalue weighted by molar-refractivity contribution is -0.127. The third-order valence-corrected chi connectivity index (χ3v) is 5.57. The number of fused-ring (bicyclic) bond motifs is 1. The molecular weight excluding hydrogens is 428 g/mol. The molecule has 2 rings (SSSR count). The number of para-hydroxylation sites is 1. The van der Waals surface area contributed by atoms with Crippen LogP contribution in [0, 0.1) is 0 Å². The van der Waals surface area contributed by atoms with Gasteiger partial charge in [-0.25, -0.2) is 0 Å². The van der Waals surface area contributed by atoms with Crippen LogP contribution >= 0.6 is 0 Å². The molecule has 34 heavy (non-hydrogen) atoms. The fourth-order valence-corrected chi connectivity index (χ4v) is 3.77. The number of aromatic nitrogens is 1. The van der Waals surface area contributed by atoms with Crippen molar-refractivity contribution >= 4 is 28.7 Å². The van der Waals surface area contributed by atoms with Gasteiger partial charge in [-0.05, 0) is 58.1 Å². The first-order valence-corrected chi connectivity index (χ1v) is 11.7. The topological polar surface area (TPSA) is 142 Å². The van der Waals surface area contributed by atoms with Gasteiger partial charge in [0.2, 0.25) is 11.8 Å². The second kappa shape index (κ2) is 13.2. The van der Waals surface area contributed by atoms with E-state index in [4.69, 9.17) is 17.2 Å². The molecule has 0 aliphatic heterocycles. The summed E-state index contributed by atoms with van der Waals surface area (Å²) in [6.45, 7) is 7.48. The van der Waals surface area contributed by atoms with Crippen LogP contribution in [-0.2, 0) is 22.6 Å². The minimum absolute atomic E-state index is 0.00557. The lowest BCUT2D eigenvalue weighted by atomic mass is 10.1. The number of aliphatic imine (C=N–C) groups is 1.